The molecule has 0 saturated carbocycles. The van der Waals surface area contributed by atoms with Crippen molar-refractivity contribution in [1.29, 1.82) is 0 Å². The molecular weight excluding hydrogens is 254 g/mol. The van der Waals surface area contributed by atoms with E-state index in [1.807, 2.05) is 0 Å². The Morgan fingerprint density at radius 1 is 0.905 bits per heavy atom. The van der Waals surface area contributed by atoms with Crippen LogP contribution in [0.5, 0.6) is 0 Å². The number of nitrogens with zero attached hydrogens (tertiary/aromatic N) is 1. The fraction of sp³-hybridized carbons (Fsp3) is 0.200. The van der Waals surface area contributed by atoms with Crippen LogP contribution in [0, 0.1) is 6.92 Å². The fourth-order valence-corrected chi connectivity index (χ4v) is 3.47. The summed E-state index contributed by atoms with van der Waals surface area (Å²) in [6.07, 6.45) is 1.08. The van der Waals surface area contributed by atoms with Crippen LogP contribution in [-0.4, -0.2) is 7.05 Å². The molecule has 3 aromatic carbocycles. The Kier molecular flexibility index (Phi) is 2.58. The minimum absolute atomic E-state index is 1.08. The molecule has 1 heterocycles. The average molecular weight is 273 g/mol. The molecule has 0 aliphatic carbocycles. The summed E-state index contributed by atoms with van der Waals surface area (Å²) in [6.45, 7) is 4.40. The van der Waals surface area contributed by atoms with Crippen LogP contribution < -0.4 is 4.90 Å². The summed E-state index contributed by atoms with van der Waals surface area (Å²) >= 11 is 0. The Morgan fingerprint density at radius 3 is 2.57 bits per heavy atom. The zero-order valence-corrected chi connectivity index (χ0v) is 12.8. The molecule has 1 aliphatic heterocycles. The van der Waals surface area contributed by atoms with Crippen LogP contribution in [-0.2, 0) is 6.42 Å². The fourth-order valence-electron chi connectivity index (χ4n) is 3.47. The van der Waals surface area contributed by atoms with Gasteiger partial charge >= 0.3 is 0 Å². The first-order valence-electron chi connectivity index (χ1n) is 7.60. The van der Waals surface area contributed by atoms with Gasteiger partial charge in [-0.05, 0) is 47.6 Å². The Labute approximate surface area is 125 Å². The molecule has 0 N–H and O–H groups in total. The monoisotopic (exact) mass is 273 g/mol. The lowest BCUT2D eigenvalue weighted by molar-refractivity contribution is 1.12. The molecule has 21 heavy (non-hydrogen) atoms. The summed E-state index contributed by atoms with van der Waals surface area (Å²) in [4.78, 5) is 2.34. The quantitative estimate of drug-likeness (QED) is 0.569. The van der Waals surface area contributed by atoms with Gasteiger partial charge in [-0.3, -0.25) is 0 Å². The standard InChI is InChI=1S/C20H19N/c1-4-14-9-10-16-17-7-5-6-15-13(2)8-11-18(20(15)17)21(3)19(16)12-14/h5-12H,4H2,1-3H3. The molecule has 104 valence electrons. The van der Waals surface area contributed by atoms with Gasteiger partial charge < -0.3 is 4.90 Å². The van der Waals surface area contributed by atoms with Crippen molar-refractivity contribution in [2.24, 2.45) is 0 Å². The molecule has 0 atom stereocenters. The molecule has 1 aliphatic rings. The maximum Gasteiger partial charge on any atom is 0.0494 e. The Bertz CT molecular complexity index is 861. The van der Waals surface area contributed by atoms with Gasteiger partial charge in [0.15, 0.2) is 0 Å². The zero-order valence-electron chi connectivity index (χ0n) is 12.8. The third-order valence-corrected chi connectivity index (χ3v) is 4.72. The first-order chi connectivity index (χ1) is 10.2. The molecule has 0 aromatic heterocycles. The predicted molar refractivity (Wildman–Crippen MR) is 91.6 cm³/mol. The van der Waals surface area contributed by atoms with E-state index in [0.29, 0.717) is 0 Å². The molecule has 3 aromatic rings. The van der Waals surface area contributed by atoms with Crippen LogP contribution in [0.1, 0.15) is 18.1 Å². The maximum absolute atomic E-state index is 2.34. The normalized spacial score (nSPS) is 12.6. The second-order valence-corrected chi connectivity index (χ2v) is 5.89. The highest BCUT2D eigenvalue weighted by atomic mass is 15.1. The van der Waals surface area contributed by atoms with Crippen molar-refractivity contribution in [3.8, 4) is 11.1 Å². The van der Waals surface area contributed by atoms with E-state index in [1.54, 1.807) is 0 Å². The van der Waals surface area contributed by atoms with Gasteiger partial charge in [0, 0.05) is 29.4 Å². The zero-order chi connectivity index (χ0) is 14.6. The van der Waals surface area contributed by atoms with E-state index in [1.165, 1.54) is 44.4 Å². The number of hydrogen-bond acceptors (Lipinski definition) is 1. The van der Waals surface area contributed by atoms with Gasteiger partial charge in [0.25, 0.3) is 0 Å². The lowest BCUT2D eigenvalue weighted by Crippen LogP contribution is -2.15. The van der Waals surface area contributed by atoms with Crippen molar-refractivity contribution in [1.82, 2.24) is 0 Å². The first kappa shape index (κ1) is 12.5. The van der Waals surface area contributed by atoms with E-state index in [9.17, 15) is 0 Å². The third kappa shape index (κ3) is 1.64. The van der Waals surface area contributed by atoms with Crippen LogP contribution in [0.2, 0.25) is 0 Å². The minimum atomic E-state index is 1.08. The summed E-state index contributed by atoms with van der Waals surface area (Å²) in [5.74, 6) is 0. The Morgan fingerprint density at radius 2 is 1.76 bits per heavy atom. The van der Waals surface area contributed by atoms with Gasteiger partial charge in [0.2, 0.25) is 0 Å². The summed E-state index contributed by atoms with van der Waals surface area (Å²) in [5, 5.41) is 2.75. The Balaban J connectivity index is 2.14. The van der Waals surface area contributed by atoms with E-state index in [4.69, 9.17) is 0 Å². The molecule has 0 fully saturated rings. The highest BCUT2D eigenvalue weighted by Gasteiger charge is 2.22. The van der Waals surface area contributed by atoms with E-state index >= 15 is 0 Å². The predicted octanol–water partition coefficient (Wildman–Crippen LogP) is 5.46. The van der Waals surface area contributed by atoms with Gasteiger partial charge in [-0.1, -0.05) is 43.3 Å². The molecule has 1 nitrogen and oxygen atoms in total. The average Bonchev–Trinajstić information content (AvgIpc) is 2.53. The number of aryl methyl sites for hydroxylation is 2. The SMILES string of the molecule is CCc1ccc2c(c1)N(C)c1ccc(C)c3cccc-2c13. The summed E-state index contributed by atoms with van der Waals surface area (Å²) in [6, 6.07) is 18.0. The summed E-state index contributed by atoms with van der Waals surface area (Å²) in [5.41, 5.74) is 8.08. The molecule has 1 heteroatoms. The second kappa shape index (κ2) is 4.36. The topological polar surface area (TPSA) is 3.24 Å². The molecule has 0 spiro atoms. The van der Waals surface area contributed by atoms with Gasteiger partial charge in [0.1, 0.15) is 0 Å². The second-order valence-electron chi connectivity index (χ2n) is 5.89. The van der Waals surface area contributed by atoms with Crippen LogP contribution >= 0.6 is 0 Å². The van der Waals surface area contributed by atoms with Gasteiger partial charge in [0.05, 0.1) is 0 Å². The number of fused-ring (bicyclic) bond motifs is 2. The highest BCUT2D eigenvalue weighted by Crippen LogP contribution is 2.47. The number of anilines is 2. The lowest BCUT2D eigenvalue weighted by Gasteiger charge is -2.31. The number of hydrogen-bond donors (Lipinski definition) is 0. The van der Waals surface area contributed by atoms with Gasteiger partial charge in [-0.15, -0.1) is 0 Å². The van der Waals surface area contributed by atoms with E-state index in [0.717, 1.165) is 6.42 Å². The molecule has 0 bridgehead atoms. The van der Waals surface area contributed by atoms with E-state index in [-0.39, 0.29) is 0 Å². The van der Waals surface area contributed by atoms with Gasteiger partial charge in [-0.2, -0.15) is 0 Å². The van der Waals surface area contributed by atoms with Gasteiger partial charge in [-0.25, -0.2) is 0 Å². The van der Waals surface area contributed by atoms with E-state index < -0.39 is 0 Å². The van der Waals surface area contributed by atoms with E-state index in [2.05, 4.69) is 74.3 Å². The molecule has 0 saturated heterocycles. The van der Waals surface area contributed by atoms with Crippen molar-refractivity contribution in [2.75, 3.05) is 11.9 Å². The van der Waals surface area contributed by atoms with Crippen molar-refractivity contribution in [3.63, 3.8) is 0 Å². The van der Waals surface area contributed by atoms with Crippen molar-refractivity contribution in [3.05, 3.63) is 59.7 Å². The van der Waals surface area contributed by atoms with Crippen molar-refractivity contribution >= 4 is 22.1 Å². The van der Waals surface area contributed by atoms with Crippen LogP contribution in [0.15, 0.2) is 48.5 Å². The third-order valence-electron chi connectivity index (χ3n) is 4.72. The molecule has 0 amide bonds. The summed E-state index contributed by atoms with van der Waals surface area (Å²) < 4.78 is 0. The maximum atomic E-state index is 2.34. The highest BCUT2D eigenvalue weighted by molar-refractivity contribution is 6.12. The first-order valence-corrected chi connectivity index (χ1v) is 7.60. The van der Waals surface area contributed by atoms with Crippen molar-refractivity contribution < 1.29 is 0 Å². The number of benzene rings is 3. The summed E-state index contributed by atoms with van der Waals surface area (Å²) in [7, 11) is 2.18. The largest absolute Gasteiger partial charge is 0.344 e. The molecule has 0 unspecified atom stereocenters. The molecular formula is C20H19N. The lowest BCUT2D eigenvalue weighted by atomic mass is 9.89. The molecule has 4 rings (SSSR count). The minimum Gasteiger partial charge on any atom is -0.344 e. The Hall–Kier alpha value is -2.28. The van der Waals surface area contributed by atoms with Crippen molar-refractivity contribution in [2.45, 2.75) is 20.3 Å². The molecule has 0 radical (unpaired) electrons. The number of rotatable bonds is 1. The van der Waals surface area contributed by atoms with Crippen LogP contribution in [0.4, 0.5) is 11.4 Å². The van der Waals surface area contributed by atoms with Crippen LogP contribution in [0.25, 0.3) is 21.9 Å². The smallest absolute Gasteiger partial charge is 0.0494 e. The van der Waals surface area contributed by atoms with Crippen LogP contribution in [0.3, 0.4) is 0 Å².